The summed E-state index contributed by atoms with van der Waals surface area (Å²) in [6, 6.07) is 13.2. The van der Waals surface area contributed by atoms with Gasteiger partial charge in [-0.3, -0.25) is 4.79 Å². The second-order valence-corrected chi connectivity index (χ2v) is 6.38. The van der Waals surface area contributed by atoms with Crippen LogP contribution in [-0.2, 0) is 20.7 Å². The average Bonchev–Trinajstić information content (AvgIpc) is 2.74. The standard InChI is InChI=1S/C20H20BNO7/c1-2-17(23)22-16-11-14-9-6-10-15(18(14)29-21(16)26)20(25)28-12-27-19(24)13-7-4-3-5-8-13/h3-10,16,26H,2,11-12H2,1H3,(H,22,23). The Labute approximate surface area is 167 Å². The van der Waals surface area contributed by atoms with E-state index in [-0.39, 0.29) is 23.6 Å². The van der Waals surface area contributed by atoms with Crippen LogP contribution in [-0.4, -0.2) is 42.7 Å². The summed E-state index contributed by atoms with van der Waals surface area (Å²) in [5.74, 6) is -2.02. The molecule has 9 heteroatoms. The average molecular weight is 397 g/mol. The highest BCUT2D eigenvalue weighted by Gasteiger charge is 2.37. The fourth-order valence-electron chi connectivity index (χ4n) is 2.89. The first-order valence-electron chi connectivity index (χ1n) is 9.15. The first kappa shape index (κ1) is 20.4. The van der Waals surface area contributed by atoms with Gasteiger partial charge in [0.05, 0.1) is 11.5 Å². The van der Waals surface area contributed by atoms with Crippen molar-refractivity contribution < 1.29 is 33.5 Å². The van der Waals surface area contributed by atoms with Crippen LogP contribution in [0.3, 0.4) is 0 Å². The van der Waals surface area contributed by atoms with Crippen molar-refractivity contribution in [1.82, 2.24) is 5.32 Å². The molecule has 2 N–H and O–H groups in total. The summed E-state index contributed by atoms with van der Waals surface area (Å²) in [4.78, 5) is 35.9. The number of fused-ring (bicyclic) bond motifs is 1. The van der Waals surface area contributed by atoms with Crippen LogP contribution in [0.25, 0.3) is 0 Å². The van der Waals surface area contributed by atoms with Gasteiger partial charge in [0.25, 0.3) is 0 Å². The number of hydrogen-bond acceptors (Lipinski definition) is 7. The minimum atomic E-state index is -1.30. The van der Waals surface area contributed by atoms with Crippen LogP contribution in [0.15, 0.2) is 48.5 Å². The molecule has 1 unspecified atom stereocenters. The molecule has 2 aromatic rings. The molecule has 1 amide bonds. The van der Waals surface area contributed by atoms with Gasteiger partial charge in [0.1, 0.15) is 11.3 Å². The molecule has 1 aliphatic heterocycles. The van der Waals surface area contributed by atoms with Crippen LogP contribution in [0.4, 0.5) is 0 Å². The van der Waals surface area contributed by atoms with Crippen molar-refractivity contribution in [2.75, 3.05) is 6.79 Å². The lowest BCUT2D eigenvalue weighted by atomic mass is 9.72. The predicted octanol–water partition coefficient (Wildman–Crippen LogP) is 1.51. The number of rotatable bonds is 6. The van der Waals surface area contributed by atoms with Crippen LogP contribution in [0, 0.1) is 0 Å². The molecule has 1 aliphatic rings. The van der Waals surface area contributed by atoms with Crippen molar-refractivity contribution in [3.05, 3.63) is 65.2 Å². The van der Waals surface area contributed by atoms with E-state index in [9.17, 15) is 19.4 Å². The zero-order valence-corrected chi connectivity index (χ0v) is 15.8. The van der Waals surface area contributed by atoms with E-state index in [0.717, 1.165) is 0 Å². The molecule has 0 aliphatic carbocycles. The van der Waals surface area contributed by atoms with Crippen molar-refractivity contribution in [3.63, 3.8) is 0 Å². The van der Waals surface area contributed by atoms with Crippen LogP contribution in [0.2, 0.25) is 0 Å². The number of benzene rings is 2. The van der Waals surface area contributed by atoms with Gasteiger partial charge in [-0.1, -0.05) is 37.3 Å². The maximum Gasteiger partial charge on any atom is 0.547 e. The normalized spacial score (nSPS) is 15.0. The van der Waals surface area contributed by atoms with E-state index in [1.165, 1.54) is 6.07 Å². The van der Waals surface area contributed by atoms with Crippen molar-refractivity contribution >= 4 is 25.0 Å². The Morgan fingerprint density at radius 2 is 1.83 bits per heavy atom. The van der Waals surface area contributed by atoms with Gasteiger partial charge in [-0.15, -0.1) is 0 Å². The summed E-state index contributed by atoms with van der Waals surface area (Å²) in [5, 5.41) is 12.9. The molecule has 3 rings (SSSR count). The largest absolute Gasteiger partial charge is 0.547 e. The summed E-state index contributed by atoms with van der Waals surface area (Å²) >= 11 is 0. The maximum atomic E-state index is 12.4. The summed E-state index contributed by atoms with van der Waals surface area (Å²) in [6.45, 7) is 1.14. The van der Waals surface area contributed by atoms with Gasteiger partial charge in [-0.25, -0.2) is 9.59 Å². The first-order valence-corrected chi connectivity index (χ1v) is 9.15. The van der Waals surface area contributed by atoms with E-state index in [4.69, 9.17) is 14.1 Å². The lowest BCUT2D eigenvalue weighted by molar-refractivity contribution is -0.121. The SMILES string of the molecule is CCC(=O)NC1Cc2cccc(C(=O)OCOC(=O)c3ccccc3)c2OB1O. The molecule has 0 aromatic heterocycles. The molecule has 1 heterocycles. The number of nitrogens with one attached hydrogen (secondary N) is 1. The Morgan fingerprint density at radius 3 is 2.55 bits per heavy atom. The maximum absolute atomic E-state index is 12.4. The van der Waals surface area contributed by atoms with Gasteiger partial charge in [0, 0.05) is 6.42 Å². The summed E-state index contributed by atoms with van der Waals surface area (Å²) in [5.41, 5.74) is 1.08. The van der Waals surface area contributed by atoms with E-state index in [1.807, 2.05) is 0 Å². The number of hydrogen-bond donors (Lipinski definition) is 2. The molecule has 0 saturated heterocycles. The van der Waals surface area contributed by atoms with Crippen LogP contribution < -0.4 is 9.97 Å². The molecule has 1 atom stereocenters. The van der Waals surface area contributed by atoms with Crippen LogP contribution in [0.1, 0.15) is 39.6 Å². The van der Waals surface area contributed by atoms with E-state index in [1.54, 1.807) is 49.4 Å². The zero-order chi connectivity index (χ0) is 20.8. The van der Waals surface area contributed by atoms with E-state index < -0.39 is 31.8 Å². The molecular formula is C20H20BNO7. The minimum absolute atomic E-state index is 0.0950. The Morgan fingerprint density at radius 1 is 1.10 bits per heavy atom. The lowest BCUT2D eigenvalue weighted by Gasteiger charge is -2.29. The molecule has 8 nitrogen and oxygen atoms in total. The molecule has 0 spiro atoms. The van der Waals surface area contributed by atoms with Gasteiger partial charge < -0.3 is 24.5 Å². The molecule has 0 radical (unpaired) electrons. The van der Waals surface area contributed by atoms with Crippen molar-refractivity contribution in [1.29, 1.82) is 0 Å². The van der Waals surface area contributed by atoms with E-state index in [2.05, 4.69) is 5.32 Å². The van der Waals surface area contributed by atoms with Crippen LogP contribution >= 0.6 is 0 Å². The summed E-state index contributed by atoms with van der Waals surface area (Å²) in [6.07, 6.45) is 0.580. The van der Waals surface area contributed by atoms with E-state index in [0.29, 0.717) is 17.5 Å². The van der Waals surface area contributed by atoms with Crippen molar-refractivity contribution in [2.24, 2.45) is 0 Å². The number of amides is 1. The van der Waals surface area contributed by atoms with E-state index >= 15 is 0 Å². The molecule has 0 bridgehead atoms. The quantitative estimate of drug-likeness (QED) is 0.432. The third-order valence-electron chi connectivity index (χ3n) is 4.40. The highest BCUT2D eigenvalue weighted by molar-refractivity contribution is 6.47. The summed E-state index contributed by atoms with van der Waals surface area (Å²) < 4.78 is 15.4. The third kappa shape index (κ3) is 4.94. The first-order chi connectivity index (χ1) is 14.0. The van der Waals surface area contributed by atoms with Crippen molar-refractivity contribution in [2.45, 2.75) is 25.7 Å². The summed E-state index contributed by atoms with van der Waals surface area (Å²) in [7, 11) is -1.30. The van der Waals surface area contributed by atoms with Crippen LogP contribution in [0.5, 0.6) is 5.75 Å². The third-order valence-corrected chi connectivity index (χ3v) is 4.40. The monoisotopic (exact) mass is 397 g/mol. The Kier molecular flexibility index (Phi) is 6.51. The topological polar surface area (TPSA) is 111 Å². The van der Waals surface area contributed by atoms with Gasteiger partial charge in [-0.2, -0.15) is 0 Å². The van der Waals surface area contributed by atoms with Gasteiger partial charge in [-0.05, 0) is 30.2 Å². The Bertz CT molecular complexity index is 903. The zero-order valence-electron chi connectivity index (χ0n) is 15.8. The molecule has 150 valence electrons. The fraction of sp³-hybridized carbons (Fsp3) is 0.250. The highest BCUT2D eigenvalue weighted by Crippen LogP contribution is 2.30. The molecular weight excluding hydrogens is 377 g/mol. The Balaban J connectivity index is 1.63. The van der Waals surface area contributed by atoms with Gasteiger partial charge in [0.15, 0.2) is 0 Å². The lowest BCUT2D eigenvalue weighted by Crippen LogP contribution is -2.53. The second kappa shape index (κ2) is 9.25. The van der Waals surface area contributed by atoms with Gasteiger partial charge >= 0.3 is 19.1 Å². The Hall–Kier alpha value is -3.33. The minimum Gasteiger partial charge on any atom is -0.534 e. The molecule has 0 fully saturated rings. The number of carbonyl (C=O) groups excluding carboxylic acids is 3. The van der Waals surface area contributed by atoms with Crippen molar-refractivity contribution in [3.8, 4) is 5.75 Å². The smallest absolute Gasteiger partial charge is 0.534 e. The second-order valence-electron chi connectivity index (χ2n) is 6.38. The molecule has 29 heavy (non-hydrogen) atoms. The molecule has 2 aromatic carbocycles. The van der Waals surface area contributed by atoms with Gasteiger partial charge in [0.2, 0.25) is 12.7 Å². The fourth-order valence-corrected chi connectivity index (χ4v) is 2.89. The number of carbonyl (C=O) groups is 3. The number of ether oxygens (including phenoxy) is 2. The number of para-hydroxylation sites is 1. The predicted molar refractivity (Wildman–Crippen MR) is 103 cm³/mol. The number of esters is 2. The molecule has 0 saturated carbocycles. The highest BCUT2D eigenvalue weighted by atomic mass is 16.7.